The molecule has 0 bridgehead atoms. The van der Waals surface area contributed by atoms with Gasteiger partial charge in [0.1, 0.15) is 0 Å². The minimum absolute atomic E-state index is 0.862. The second-order valence-corrected chi connectivity index (χ2v) is 5.56. The van der Waals surface area contributed by atoms with Crippen LogP contribution in [0.25, 0.3) is 10.8 Å². The molecule has 3 heteroatoms. The number of benzene rings is 1. The number of nitrogens with zero attached hydrogens (tertiary/aromatic N) is 2. The fourth-order valence-electron chi connectivity index (χ4n) is 2.96. The average Bonchev–Trinajstić information content (AvgIpc) is 3.00. The zero-order valence-electron chi connectivity index (χ0n) is 12.0. The molecule has 1 aromatic carbocycles. The molecule has 0 atom stereocenters. The molecule has 2 aromatic rings. The lowest BCUT2D eigenvalue weighted by Crippen LogP contribution is -2.24. The van der Waals surface area contributed by atoms with Crippen LogP contribution in [0.5, 0.6) is 0 Å². The van der Waals surface area contributed by atoms with Crippen LogP contribution in [0, 0.1) is 0 Å². The molecule has 2 heterocycles. The predicted octanol–water partition coefficient (Wildman–Crippen LogP) is 2.81. The number of hydrogen-bond acceptors (Lipinski definition) is 3. The van der Waals surface area contributed by atoms with Gasteiger partial charge in [-0.1, -0.05) is 24.3 Å². The zero-order valence-corrected chi connectivity index (χ0v) is 12.0. The average molecular weight is 269 g/mol. The molecular formula is C17H23N3. The Bertz CT molecular complexity index is 541. The summed E-state index contributed by atoms with van der Waals surface area (Å²) >= 11 is 0. The minimum atomic E-state index is 0.862. The Morgan fingerprint density at radius 1 is 1.10 bits per heavy atom. The second-order valence-electron chi connectivity index (χ2n) is 5.56. The van der Waals surface area contributed by atoms with Crippen LogP contribution in [0.1, 0.15) is 25.0 Å². The van der Waals surface area contributed by atoms with E-state index in [0.29, 0.717) is 0 Å². The number of likely N-dealkylation sites (tertiary alicyclic amines) is 1. The number of rotatable bonds is 6. The highest BCUT2D eigenvalue weighted by Gasteiger charge is 2.10. The van der Waals surface area contributed by atoms with Gasteiger partial charge in [0.15, 0.2) is 0 Å². The molecule has 1 fully saturated rings. The van der Waals surface area contributed by atoms with Crippen molar-refractivity contribution in [1.29, 1.82) is 0 Å². The van der Waals surface area contributed by atoms with Gasteiger partial charge >= 0.3 is 0 Å². The van der Waals surface area contributed by atoms with E-state index in [9.17, 15) is 0 Å². The van der Waals surface area contributed by atoms with Crippen molar-refractivity contribution in [2.24, 2.45) is 0 Å². The first-order chi connectivity index (χ1) is 9.93. The van der Waals surface area contributed by atoms with E-state index in [1.54, 1.807) is 0 Å². The van der Waals surface area contributed by atoms with Crippen molar-refractivity contribution < 1.29 is 0 Å². The van der Waals surface area contributed by atoms with Gasteiger partial charge in [0.05, 0.1) is 5.69 Å². The van der Waals surface area contributed by atoms with Gasteiger partial charge in [-0.3, -0.25) is 4.98 Å². The van der Waals surface area contributed by atoms with Gasteiger partial charge in [-0.05, 0) is 56.9 Å². The summed E-state index contributed by atoms with van der Waals surface area (Å²) in [6, 6.07) is 10.5. The standard InChI is InChI=1S/C17H23N3/c1-2-7-16-15(6-1)8-10-19-17(16)14-18-9-5-13-20-11-3-4-12-20/h1-2,6-8,10,18H,3-5,9,11-14H2. The molecule has 0 spiro atoms. The van der Waals surface area contributed by atoms with E-state index < -0.39 is 0 Å². The Balaban J connectivity index is 1.47. The summed E-state index contributed by atoms with van der Waals surface area (Å²) in [5.41, 5.74) is 1.16. The minimum Gasteiger partial charge on any atom is -0.311 e. The third-order valence-corrected chi connectivity index (χ3v) is 4.08. The van der Waals surface area contributed by atoms with Gasteiger partial charge < -0.3 is 10.2 Å². The van der Waals surface area contributed by atoms with Crippen LogP contribution >= 0.6 is 0 Å². The maximum Gasteiger partial charge on any atom is 0.0619 e. The number of pyridine rings is 1. The molecule has 3 rings (SSSR count). The Morgan fingerprint density at radius 3 is 2.85 bits per heavy atom. The van der Waals surface area contributed by atoms with Gasteiger partial charge in [0.25, 0.3) is 0 Å². The van der Waals surface area contributed by atoms with Crippen molar-refractivity contribution in [3.05, 3.63) is 42.2 Å². The molecule has 1 saturated heterocycles. The normalized spacial score (nSPS) is 16.0. The van der Waals surface area contributed by atoms with Gasteiger partial charge in [-0.25, -0.2) is 0 Å². The SMILES string of the molecule is c1ccc2c(CNCCCN3CCCC3)nccc2c1. The number of fused-ring (bicyclic) bond motifs is 1. The Hall–Kier alpha value is -1.45. The molecule has 1 N–H and O–H groups in total. The fourth-order valence-corrected chi connectivity index (χ4v) is 2.96. The van der Waals surface area contributed by atoms with Crippen LogP contribution in [0.2, 0.25) is 0 Å². The topological polar surface area (TPSA) is 28.2 Å². The third-order valence-electron chi connectivity index (χ3n) is 4.08. The third kappa shape index (κ3) is 3.35. The Morgan fingerprint density at radius 2 is 1.95 bits per heavy atom. The lowest BCUT2D eigenvalue weighted by atomic mass is 10.1. The first kappa shape index (κ1) is 13.5. The summed E-state index contributed by atoms with van der Waals surface area (Å²) in [6.07, 6.45) is 5.90. The number of aromatic nitrogens is 1. The summed E-state index contributed by atoms with van der Waals surface area (Å²) in [6.45, 7) is 5.76. The monoisotopic (exact) mass is 269 g/mol. The molecule has 106 valence electrons. The van der Waals surface area contributed by atoms with Crippen LogP contribution < -0.4 is 5.32 Å². The molecule has 1 aromatic heterocycles. The van der Waals surface area contributed by atoms with Crippen molar-refractivity contribution in [2.75, 3.05) is 26.2 Å². The van der Waals surface area contributed by atoms with Crippen molar-refractivity contribution in [1.82, 2.24) is 15.2 Å². The molecule has 1 aliphatic rings. The molecular weight excluding hydrogens is 246 g/mol. The molecule has 20 heavy (non-hydrogen) atoms. The van der Waals surface area contributed by atoms with Gasteiger partial charge in [-0.2, -0.15) is 0 Å². The van der Waals surface area contributed by atoms with Gasteiger partial charge in [-0.15, -0.1) is 0 Å². The summed E-state index contributed by atoms with van der Waals surface area (Å²) in [4.78, 5) is 7.08. The Kier molecular flexibility index (Phi) is 4.61. The van der Waals surface area contributed by atoms with E-state index in [-0.39, 0.29) is 0 Å². The van der Waals surface area contributed by atoms with Crippen LogP contribution in [-0.2, 0) is 6.54 Å². The van der Waals surface area contributed by atoms with E-state index in [2.05, 4.69) is 45.5 Å². The maximum absolute atomic E-state index is 4.51. The van der Waals surface area contributed by atoms with E-state index in [4.69, 9.17) is 0 Å². The lowest BCUT2D eigenvalue weighted by Gasteiger charge is -2.14. The molecule has 0 amide bonds. The fraction of sp³-hybridized carbons (Fsp3) is 0.471. The van der Waals surface area contributed by atoms with Crippen LogP contribution in [-0.4, -0.2) is 36.1 Å². The number of nitrogens with one attached hydrogen (secondary N) is 1. The highest BCUT2D eigenvalue weighted by atomic mass is 15.1. The van der Waals surface area contributed by atoms with E-state index >= 15 is 0 Å². The van der Waals surface area contributed by atoms with Crippen LogP contribution in [0.4, 0.5) is 0 Å². The summed E-state index contributed by atoms with van der Waals surface area (Å²) in [5.74, 6) is 0. The van der Waals surface area contributed by atoms with Crippen LogP contribution in [0.15, 0.2) is 36.5 Å². The van der Waals surface area contributed by atoms with Gasteiger partial charge in [0.2, 0.25) is 0 Å². The largest absolute Gasteiger partial charge is 0.311 e. The van der Waals surface area contributed by atoms with Crippen molar-refractivity contribution >= 4 is 10.8 Å². The molecule has 3 nitrogen and oxygen atoms in total. The summed E-state index contributed by atoms with van der Waals surface area (Å²) in [7, 11) is 0. The summed E-state index contributed by atoms with van der Waals surface area (Å²) < 4.78 is 0. The highest BCUT2D eigenvalue weighted by molar-refractivity contribution is 5.84. The second kappa shape index (κ2) is 6.82. The van der Waals surface area contributed by atoms with E-state index in [1.165, 1.54) is 49.7 Å². The first-order valence-electron chi connectivity index (χ1n) is 7.69. The molecule has 0 unspecified atom stereocenters. The zero-order chi connectivity index (χ0) is 13.6. The lowest BCUT2D eigenvalue weighted by molar-refractivity contribution is 0.331. The molecule has 1 aliphatic heterocycles. The Labute approximate surface area is 121 Å². The predicted molar refractivity (Wildman–Crippen MR) is 83.7 cm³/mol. The smallest absolute Gasteiger partial charge is 0.0619 e. The quantitative estimate of drug-likeness (QED) is 0.817. The molecule has 0 radical (unpaired) electrons. The van der Waals surface area contributed by atoms with Crippen molar-refractivity contribution in [2.45, 2.75) is 25.8 Å². The maximum atomic E-state index is 4.51. The van der Waals surface area contributed by atoms with Gasteiger partial charge in [0, 0.05) is 18.1 Å². The van der Waals surface area contributed by atoms with Crippen LogP contribution in [0.3, 0.4) is 0 Å². The highest BCUT2D eigenvalue weighted by Crippen LogP contribution is 2.15. The van der Waals surface area contributed by atoms with Crippen molar-refractivity contribution in [3.63, 3.8) is 0 Å². The summed E-state index contributed by atoms with van der Waals surface area (Å²) in [5, 5.41) is 6.07. The first-order valence-corrected chi connectivity index (χ1v) is 7.69. The van der Waals surface area contributed by atoms with Crippen molar-refractivity contribution in [3.8, 4) is 0 Å². The molecule has 0 saturated carbocycles. The van der Waals surface area contributed by atoms with E-state index in [0.717, 1.165) is 18.8 Å². The molecule has 0 aliphatic carbocycles. The number of hydrogen-bond donors (Lipinski definition) is 1. The van der Waals surface area contributed by atoms with E-state index in [1.807, 2.05) is 6.20 Å².